The van der Waals surface area contributed by atoms with Gasteiger partial charge in [-0.05, 0) is 47.9 Å². The van der Waals surface area contributed by atoms with E-state index in [1.165, 1.54) is 13.0 Å². The molecule has 0 unspecified atom stereocenters. The second kappa shape index (κ2) is 10.7. The number of fused-ring (bicyclic) bond motifs is 1. The summed E-state index contributed by atoms with van der Waals surface area (Å²) in [6.45, 7) is 1.66. The Bertz CT molecular complexity index is 1680. The molecule has 0 aliphatic carbocycles. The summed E-state index contributed by atoms with van der Waals surface area (Å²) < 4.78 is 67.1. The van der Waals surface area contributed by atoms with Gasteiger partial charge >= 0.3 is 6.18 Å². The summed E-state index contributed by atoms with van der Waals surface area (Å²) >= 11 is 0. The fourth-order valence-corrected chi connectivity index (χ4v) is 4.07. The van der Waals surface area contributed by atoms with Gasteiger partial charge in [0.15, 0.2) is 17.3 Å². The van der Waals surface area contributed by atoms with E-state index in [2.05, 4.69) is 30.8 Å². The molecule has 0 aliphatic rings. The van der Waals surface area contributed by atoms with E-state index in [0.717, 1.165) is 34.2 Å². The topological polar surface area (TPSA) is 95.6 Å². The van der Waals surface area contributed by atoms with Crippen molar-refractivity contribution in [2.75, 3.05) is 5.32 Å². The summed E-state index contributed by atoms with van der Waals surface area (Å²) in [4.78, 5) is 21.2. The van der Waals surface area contributed by atoms with E-state index in [-0.39, 0.29) is 23.5 Å². The molecule has 204 valence electrons. The second-order valence-electron chi connectivity index (χ2n) is 9.07. The van der Waals surface area contributed by atoms with Gasteiger partial charge in [-0.1, -0.05) is 30.3 Å². The Morgan fingerprint density at radius 1 is 0.925 bits per heavy atom. The van der Waals surface area contributed by atoms with Crippen LogP contribution >= 0.6 is 0 Å². The minimum absolute atomic E-state index is 0.0679. The summed E-state index contributed by atoms with van der Waals surface area (Å²) in [5.74, 6) is -3.09. The zero-order valence-corrected chi connectivity index (χ0v) is 20.9. The van der Waals surface area contributed by atoms with E-state index in [1.807, 2.05) is 30.3 Å². The van der Waals surface area contributed by atoms with Gasteiger partial charge in [0.2, 0.25) is 0 Å². The number of carbonyl (C=O) groups excluding carboxylic acids is 1. The number of nitrogens with zero attached hydrogens (tertiary/aromatic N) is 3. The lowest BCUT2D eigenvalue weighted by molar-refractivity contribution is -0.137. The maximum absolute atomic E-state index is 13.6. The van der Waals surface area contributed by atoms with Gasteiger partial charge in [-0.3, -0.25) is 9.89 Å². The number of H-pyrrole nitrogens is 1. The van der Waals surface area contributed by atoms with Crippen molar-refractivity contribution in [3.05, 3.63) is 107 Å². The molecule has 0 bridgehead atoms. The van der Waals surface area contributed by atoms with Crippen LogP contribution in [0, 0.1) is 11.6 Å². The minimum atomic E-state index is -4.73. The standard InChI is InChI=1S/C28H21F5N6O/c1-15(18-6-7-23(29)24(30)9-18)38-27(40)22-10-21(28(31,32)33)14-36-26(22)34-11-16-2-4-17(5-3-16)19-8-20-13-37-39-25(20)35-12-19/h2-10,12-15H,11H2,1H3,(H,34,36)(H,38,40)(H,35,37,39)/t15-/m0/s1. The number of aromatic amines is 1. The van der Waals surface area contributed by atoms with Gasteiger partial charge in [0, 0.05) is 29.9 Å². The fraction of sp³-hybridized carbons (Fsp3) is 0.143. The summed E-state index contributed by atoms with van der Waals surface area (Å²) in [6.07, 6.45) is -0.698. The van der Waals surface area contributed by atoms with E-state index in [0.29, 0.717) is 17.9 Å². The number of alkyl halides is 3. The lowest BCUT2D eigenvalue weighted by Gasteiger charge is -2.18. The van der Waals surface area contributed by atoms with Gasteiger partial charge in [-0.15, -0.1) is 0 Å². The van der Waals surface area contributed by atoms with E-state index in [1.54, 1.807) is 12.4 Å². The summed E-state index contributed by atoms with van der Waals surface area (Å²) in [6, 6.07) is 12.3. The van der Waals surface area contributed by atoms with Gasteiger partial charge in [-0.2, -0.15) is 18.3 Å². The van der Waals surface area contributed by atoms with Crippen molar-refractivity contribution in [2.24, 2.45) is 0 Å². The molecule has 5 aromatic rings. The van der Waals surface area contributed by atoms with Crippen LogP contribution in [-0.2, 0) is 12.7 Å². The third-order valence-corrected chi connectivity index (χ3v) is 6.29. The number of hydrogen-bond acceptors (Lipinski definition) is 5. The molecular weight excluding hydrogens is 531 g/mol. The molecule has 2 aromatic carbocycles. The first-order valence-corrected chi connectivity index (χ1v) is 12.0. The number of amides is 1. The van der Waals surface area contributed by atoms with E-state index in [9.17, 15) is 26.7 Å². The monoisotopic (exact) mass is 552 g/mol. The summed E-state index contributed by atoms with van der Waals surface area (Å²) in [7, 11) is 0. The van der Waals surface area contributed by atoms with Gasteiger partial charge in [0.05, 0.1) is 23.4 Å². The largest absolute Gasteiger partial charge is 0.417 e. The highest BCUT2D eigenvalue weighted by molar-refractivity contribution is 5.99. The van der Waals surface area contributed by atoms with Crippen LogP contribution in [0.25, 0.3) is 22.2 Å². The Hall–Kier alpha value is -4.87. The molecule has 0 fully saturated rings. The predicted molar refractivity (Wildman–Crippen MR) is 138 cm³/mol. The van der Waals surface area contributed by atoms with Crippen LogP contribution in [0.1, 0.15) is 40.0 Å². The molecule has 7 nitrogen and oxygen atoms in total. The van der Waals surface area contributed by atoms with Gasteiger partial charge in [-0.25, -0.2) is 18.7 Å². The molecule has 1 atom stereocenters. The first-order chi connectivity index (χ1) is 19.1. The minimum Gasteiger partial charge on any atom is -0.365 e. The number of nitrogens with one attached hydrogen (secondary N) is 3. The number of hydrogen-bond donors (Lipinski definition) is 3. The Morgan fingerprint density at radius 2 is 1.70 bits per heavy atom. The van der Waals surface area contributed by atoms with Gasteiger partial charge < -0.3 is 10.6 Å². The normalized spacial score (nSPS) is 12.3. The van der Waals surface area contributed by atoms with Crippen molar-refractivity contribution in [3.63, 3.8) is 0 Å². The SMILES string of the molecule is C[C@H](NC(=O)c1cc(C(F)(F)F)cnc1NCc1ccc(-c2cnc3[nH]ncc3c2)cc1)c1ccc(F)c(F)c1. The Balaban J connectivity index is 1.34. The average molecular weight is 553 g/mol. The highest BCUT2D eigenvalue weighted by Crippen LogP contribution is 2.31. The second-order valence-corrected chi connectivity index (χ2v) is 9.07. The van der Waals surface area contributed by atoms with Crippen LogP contribution in [0.15, 0.2) is 73.2 Å². The Morgan fingerprint density at radius 3 is 2.42 bits per heavy atom. The van der Waals surface area contributed by atoms with E-state index < -0.39 is 35.3 Å². The quantitative estimate of drug-likeness (QED) is 0.203. The van der Waals surface area contributed by atoms with Crippen LogP contribution < -0.4 is 10.6 Å². The molecule has 0 saturated carbocycles. The third-order valence-electron chi connectivity index (χ3n) is 6.29. The molecule has 3 N–H and O–H groups in total. The zero-order chi connectivity index (χ0) is 28.4. The van der Waals surface area contributed by atoms with E-state index >= 15 is 0 Å². The number of pyridine rings is 2. The highest BCUT2D eigenvalue weighted by atomic mass is 19.4. The Kier molecular flexibility index (Phi) is 7.16. The number of halogens is 5. The highest BCUT2D eigenvalue weighted by Gasteiger charge is 2.33. The van der Waals surface area contributed by atoms with Crippen molar-refractivity contribution in [1.29, 1.82) is 0 Å². The molecule has 12 heteroatoms. The molecule has 1 amide bonds. The number of rotatable bonds is 7. The lowest BCUT2D eigenvalue weighted by atomic mass is 10.0. The van der Waals surface area contributed by atoms with Crippen LogP contribution in [0.3, 0.4) is 0 Å². The van der Waals surface area contributed by atoms with Crippen LogP contribution in [0.4, 0.5) is 27.8 Å². The molecular formula is C28H21F5N6O. The van der Waals surface area contributed by atoms with Crippen LogP contribution in [0.2, 0.25) is 0 Å². The summed E-state index contributed by atoms with van der Waals surface area (Å²) in [5, 5.41) is 13.1. The molecule has 0 saturated heterocycles. The molecule has 5 rings (SSSR count). The molecule has 0 spiro atoms. The van der Waals surface area contributed by atoms with Crippen molar-refractivity contribution in [3.8, 4) is 11.1 Å². The molecule has 40 heavy (non-hydrogen) atoms. The number of anilines is 1. The molecule has 0 aliphatic heterocycles. The van der Waals surface area contributed by atoms with Crippen LogP contribution in [0.5, 0.6) is 0 Å². The predicted octanol–water partition coefficient (Wildman–Crippen LogP) is 6.42. The lowest BCUT2D eigenvalue weighted by Crippen LogP contribution is -2.28. The number of carbonyl (C=O) groups is 1. The first kappa shape index (κ1) is 26.7. The maximum atomic E-state index is 13.6. The van der Waals surface area contributed by atoms with Gasteiger partial charge in [0.25, 0.3) is 5.91 Å². The fourth-order valence-electron chi connectivity index (χ4n) is 4.07. The Labute approximate surface area is 224 Å². The summed E-state index contributed by atoms with van der Waals surface area (Å²) in [5.41, 5.74) is 2.03. The van der Waals surface area contributed by atoms with Crippen molar-refractivity contribution in [1.82, 2.24) is 25.5 Å². The molecule has 0 radical (unpaired) electrons. The van der Waals surface area contributed by atoms with Crippen LogP contribution in [-0.4, -0.2) is 26.1 Å². The first-order valence-electron chi connectivity index (χ1n) is 12.0. The average Bonchev–Trinajstić information content (AvgIpc) is 3.41. The number of benzene rings is 2. The zero-order valence-electron chi connectivity index (χ0n) is 20.9. The van der Waals surface area contributed by atoms with Gasteiger partial charge in [0.1, 0.15) is 5.82 Å². The maximum Gasteiger partial charge on any atom is 0.417 e. The smallest absolute Gasteiger partial charge is 0.365 e. The van der Waals surface area contributed by atoms with Crippen molar-refractivity contribution >= 4 is 22.8 Å². The molecule has 3 heterocycles. The number of aromatic nitrogens is 4. The van der Waals surface area contributed by atoms with Crippen molar-refractivity contribution in [2.45, 2.75) is 25.7 Å². The van der Waals surface area contributed by atoms with E-state index in [4.69, 9.17) is 0 Å². The third kappa shape index (κ3) is 5.75. The molecule has 3 aromatic heterocycles. The van der Waals surface area contributed by atoms with Crippen molar-refractivity contribution < 1.29 is 26.7 Å².